The quantitative estimate of drug-likeness (QED) is 0.414. The summed E-state index contributed by atoms with van der Waals surface area (Å²) in [4.78, 5) is 4.09. The van der Waals surface area contributed by atoms with E-state index >= 15 is 0 Å². The molecule has 2 aromatic rings. The fourth-order valence-electron chi connectivity index (χ4n) is 2.36. The minimum absolute atomic E-state index is 0.175. The minimum Gasteiger partial charge on any atom is -0.492 e. The van der Waals surface area contributed by atoms with Crippen molar-refractivity contribution in [2.24, 2.45) is 4.99 Å². The largest absolute Gasteiger partial charge is 0.492 e. The highest BCUT2D eigenvalue weighted by Gasteiger charge is 2.30. The molecule has 0 bridgehead atoms. The first-order chi connectivity index (χ1) is 12.9. The minimum atomic E-state index is -4.38. The molecule has 0 saturated heterocycles. The molecule has 0 aliphatic rings. The number of halogens is 3. The Bertz CT molecular complexity index is 744. The van der Waals surface area contributed by atoms with Crippen molar-refractivity contribution in [3.8, 4) is 5.75 Å². The summed E-state index contributed by atoms with van der Waals surface area (Å²) >= 11 is 0. The molecular weight excluding hydrogens is 361 g/mol. The maximum absolute atomic E-state index is 12.7. The van der Waals surface area contributed by atoms with Crippen LogP contribution in [0.4, 0.5) is 13.2 Å². The Morgan fingerprint density at radius 2 is 2.04 bits per heavy atom. The van der Waals surface area contributed by atoms with Gasteiger partial charge in [-0.05, 0) is 18.2 Å². The summed E-state index contributed by atoms with van der Waals surface area (Å²) in [5.41, 5.74) is -0.731. The van der Waals surface area contributed by atoms with Gasteiger partial charge in [-0.25, -0.2) is 0 Å². The lowest BCUT2D eigenvalue weighted by Crippen LogP contribution is -2.40. The predicted molar refractivity (Wildman–Crippen MR) is 95.7 cm³/mol. The van der Waals surface area contributed by atoms with Crippen LogP contribution in [0.25, 0.3) is 0 Å². The van der Waals surface area contributed by atoms with Crippen LogP contribution >= 0.6 is 0 Å². The van der Waals surface area contributed by atoms with Crippen molar-refractivity contribution in [1.29, 1.82) is 0 Å². The van der Waals surface area contributed by atoms with E-state index in [1.54, 1.807) is 13.4 Å². The number of hydrogen-bond acceptors (Lipinski definition) is 4. The first-order valence-corrected chi connectivity index (χ1v) is 8.55. The number of nitrogens with zero attached hydrogens (tertiary/aromatic N) is 4. The van der Waals surface area contributed by atoms with E-state index in [2.05, 4.69) is 25.8 Å². The van der Waals surface area contributed by atoms with E-state index in [0.717, 1.165) is 24.4 Å². The number of ether oxygens (including phenoxy) is 1. The lowest BCUT2D eigenvalue weighted by atomic mass is 10.2. The number of nitrogens with one attached hydrogen (secondary N) is 2. The van der Waals surface area contributed by atoms with E-state index in [-0.39, 0.29) is 12.4 Å². The summed E-state index contributed by atoms with van der Waals surface area (Å²) in [5, 5.41) is 14.1. The molecule has 10 heteroatoms. The number of guanidine groups is 1. The standard InChI is InChI=1S/C17H23F3N6O/c1-3-15-25-24-12-26(15)9-7-22-16(21-2)23-8-10-27-14-6-4-5-13(11-14)17(18,19)20/h4-6,11-12H,3,7-10H2,1-2H3,(H2,21,22,23). The maximum atomic E-state index is 12.7. The second-order valence-corrected chi connectivity index (χ2v) is 5.59. The molecular formula is C17H23F3N6O. The van der Waals surface area contributed by atoms with Crippen LogP contribution in [-0.4, -0.2) is 47.5 Å². The highest BCUT2D eigenvalue weighted by molar-refractivity contribution is 5.79. The van der Waals surface area contributed by atoms with E-state index < -0.39 is 11.7 Å². The van der Waals surface area contributed by atoms with Crippen molar-refractivity contribution in [2.75, 3.05) is 26.7 Å². The fraction of sp³-hybridized carbons (Fsp3) is 0.471. The summed E-state index contributed by atoms with van der Waals surface area (Å²) in [5.74, 6) is 1.66. The molecule has 27 heavy (non-hydrogen) atoms. The predicted octanol–water partition coefficient (Wildman–Crippen LogP) is 2.10. The zero-order valence-corrected chi connectivity index (χ0v) is 15.3. The molecule has 1 aromatic carbocycles. The SMILES string of the molecule is CCc1nncn1CCNC(=NC)NCCOc1cccc(C(F)(F)F)c1. The van der Waals surface area contributed by atoms with Gasteiger partial charge in [0.05, 0.1) is 12.1 Å². The van der Waals surface area contributed by atoms with Crippen molar-refractivity contribution in [3.63, 3.8) is 0 Å². The van der Waals surface area contributed by atoms with Crippen LogP contribution in [0.2, 0.25) is 0 Å². The number of benzene rings is 1. The first kappa shape index (κ1) is 20.5. The Morgan fingerprint density at radius 3 is 2.74 bits per heavy atom. The molecule has 2 rings (SSSR count). The third-order valence-corrected chi connectivity index (χ3v) is 3.71. The van der Waals surface area contributed by atoms with Crippen LogP contribution in [0.3, 0.4) is 0 Å². The van der Waals surface area contributed by atoms with Gasteiger partial charge in [0.25, 0.3) is 0 Å². The normalized spacial score (nSPS) is 12.1. The molecule has 0 atom stereocenters. The number of aromatic nitrogens is 3. The van der Waals surface area contributed by atoms with Gasteiger partial charge in [-0.3, -0.25) is 4.99 Å². The lowest BCUT2D eigenvalue weighted by Gasteiger charge is -2.14. The topological polar surface area (TPSA) is 76.4 Å². The Labute approximate surface area is 155 Å². The van der Waals surface area contributed by atoms with Crippen molar-refractivity contribution in [2.45, 2.75) is 26.1 Å². The maximum Gasteiger partial charge on any atom is 0.416 e. The Balaban J connectivity index is 1.71. The average molecular weight is 384 g/mol. The second kappa shape index (κ2) is 9.79. The third-order valence-electron chi connectivity index (χ3n) is 3.71. The molecule has 0 fully saturated rings. The number of alkyl halides is 3. The van der Waals surface area contributed by atoms with Crippen LogP contribution in [0.1, 0.15) is 18.3 Å². The monoisotopic (exact) mass is 384 g/mol. The first-order valence-electron chi connectivity index (χ1n) is 8.55. The Kier molecular flexibility index (Phi) is 7.44. The smallest absolute Gasteiger partial charge is 0.416 e. The van der Waals surface area contributed by atoms with Crippen LogP contribution in [0, 0.1) is 0 Å². The van der Waals surface area contributed by atoms with Crippen molar-refractivity contribution < 1.29 is 17.9 Å². The molecule has 148 valence electrons. The van der Waals surface area contributed by atoms with E-state index in [9.17, 15) is 13.2 Å². The van der Waals surface area contributed by atoms with Gasteiger partial charge in [0.2, 0.25) is 0 Å². The van der Waals surface area contributed by atoms with E-state index in [4.69, 9.17) is 4.74 Å². The Morgan fingerprint density at radius 1 is 1.26 bits per heavy atom. The van der Waals surface area contributed by atoms with Crippen LogP contribution in [0.15, 0.2) is 35.6 Å². The van der Waals surface area contributed by atoms with Crippen LogP contribution in [0.5, 0.6) is 5.75 Å². The van der Waals surface area contributed by atoms with Crippen molar-refractivity contribution in [1.82, 2.24) is 25.4 Å². The molecule has 0 unspecified atom stereocenters. The molecule has 1 aromatic heterocycles. The third kappa shape index (κ3) is 6.46. The number of aryl methyl sites for hydroxylation is 1. The van der Waals surface area contributed by atoms with Crippen molar-refractivity contribution >= 4 is 5.96 Å². The van der Waals surface area contributed by atoms with Crippen molar-refractivity contribution in [3.05, 3.63) is 42.0 Å². The zero-order chi connectivity index (χ0) is 19.7. The molecule has 0 aliphatic carbocycles. The van der Waals surface area contributed by atoms with Gasteiger partial charge in [-0.2, -0.15) is 13.2 Å². The van der Waals surface area contributed by atoms with Gasteiger partial charge >= 0.3 is 6.18 Å². The molecule has 1 heterocycles. The van der Waals surface area contributed by atoms with Gasteiger partial charge in [-0.15, -0.1) is 10.2 Å². The van der Waals surface area contributed by atoms with E-state index in [1.807, 2.05) is 11.5 Å². The fourth-order valence-corrected chi connectivity index (χ4v) is 2.36. The molecule has 2 N–H and O–H groups in total. The second-order valence-electron chi connectivity index (χ2n) is 5.59. The highest BCUT2D eigenvalue weighted by atomic mass is 19.4. The van der Waals surface area contributed by atoms with E-state index in [1.165, 1.54) is 12.1 Å². The molecule has 0 aliphatic heterocycles. The summed E-state index contributed by atoms with van der Waals surface area (Å²) in [6.07, 6.45) is -1.90. The summed E-state index contributed by atoms with van der Waals surface area (Å²) in [7, 11) is 1.64. The zero-order valence-electron chi connectivity index (χ0n) is 15.3. The van der Waals surface area contributed by atoms with Crippen LogP contribution < -0.4 is 15.4 Å². The van der Waals surface area contributed by atoms with Gasteiger partial charge in [-0.1, -0.05) is 13.0 Å². The molecule has 0 radical (unpaired) electrons. The molecule has 0 amide bonds. The summed E-state index contributed by atoms with van der Waals surface area (Å²) in [6.45, 7) is 3.92. The highest BCUT2D eigenvalue weighted by Crippen LogP contribution is 2.31. The molecule has 7 nitrogen and oxygen atoms in total. The van der Waals surface area contributed by atoms with E-state index in [0.29, 0.717) is 25.6 Å². The summed E-state index contributed by atoms with van der Waals surface area (Å²) in [6, 6.07) is 4.81. The van der Waals surface area contributed by atoms with Gasteiger partial charge in [0, 0.05) is 26.6 Å². The Hall–Kier alpha value is -2.78. The number of aliphatic imine (C=N–C) groups is 1. The van der Waals surface area contributed by atoms with Crippen LogP contribution in [-0.2, 0) is 19.1 Å². The number of rotatable bonds is 8. The number of hydrogen-bond donors (Lipinski definition) is 2. The summed E-state index contributed by atoms with van der Waals surface area (Å²) < 4.78 is 45.3. The molecule has 0 spiro atoms. The average Bonchev–Trinajstić information content (AvgIpc) is 3.10. The van der Waals surface area contributed by atoms with Gasteiger partial charge in [0.1, 0.15) is 24.5 Å². The lowest BCUT2D eigenvalue weighted by molar-refractivity contribution is -0.137. The van der Waals surface area contributed by atoms with Gasteiger partial charge in [0.15, 0.2) is 5.96 Å². The molecule has 0 saturated carbocycles. The van der Waals surface area contributed by atoms with Gasteiger partial charge < -0.3 is 19.9 Å².